The van der Waals surface area contributed by atoms with Crippen LogP contribution < -0.4 is 10.5 Å². The number of benzene rings is 1. The van der Waals surface area contributed by atoms with Crippen molar-refractivity contribution in [1.82, 2.24) is 19.4 Å². The normalized spacial score (nSPS) is 19.5. The van der Waals surface area contributed by atoms with Gasteiger partial charge in [-0.3, -0.25) is 14.2 Å². The highest BCUT2D eigenvalue weighted by molar-refractivity contribution is 5.80. The van der Waals surface area contributed by atoms with Crippen LogP contribution in [0.5, 0.6) is 0 Å². The zero-order valence-electron chi connectivity index (χ0n) is 19.9. The van der Waals surface area contributed by atoms with Gasteiger partial charge in [0.2, 0.25) is 5.91 Å². The van der Waals surface area contributed by atoms with E-state index in [4.69, 9.17) is 0 Å². The fourth-order valence-electron chi connectivity index (χ4n) is 5.50. The zero-order valence-corrected chi connectivity index (χ0v) is 19.9. The van der Waals surface area contributed by atoms with E-state index in [1.807, 2.05) is 24.0 Å². The van der Waals surface area contributed by atoms with Crippen LogP contribution in [0.2, 0.25) is 0 Å². The lowest BCUT2D eigenvalue weighted by atomic mass is 9.89. The van der Waals surface area contributed by atoms with Crippen LogP contribution >= 0.6 is 0 Å². The van der Waals surface area contributed by atoms with Crippen molar-refractivity contribution in [1.29, 1.82) is 0 Å². The lowest BCUT2D eigenvalue weighted by Gasteiger charge is -2.38. The van der Waals surface area contributed by atoms with Gasteiger partial charge in [0.15, 0.2) is 11.5 Å². The van der Waals surface area contributed by atoms with Gasteiger partial charge >= 0.3 is 0 Å². The van der Waals surface area contributed by atoms with Gasteiger partial charge in [-0.05, 0) is 62.6 Å². The summed E-state index contributed by atoms with van der Waals surface area (Å²) >= 11 is 0. The number of likely N-dealkylation sites (tertiary alicyclic amines) is 1. The summed E-state index contributed by atoms with van der Waals surface area (Å²) in [6, 6.07) is 14.4. The molecule has 0 N–H and O–H groups in total. The minimum Gasteiger partial charge on any atom is -0.351 e. The highest BCUT2D eigenvalue weighted by Crippen LogP contribution is 2.26. The van der Waals surface area contributed by atoms with Crippen LogP contribution in [0.25, 0.3) is 11.2 Å². The molecule has 0 bridgehead atoms. The molecule has 0 saturated carbocycles. The Morgan fingerprint density at radius 1 is 1.03 bits per heavy atom. The molecule has 1 amide bonds. The molecule has 5 rings (SSSR count). The van der Waals surface area contributed by atoms with Gasteiger partial charge in [-0.2, -0.15) is 0 Å². The second-order valence-electron chi connectivity index (χ2n) is 9.57. The maximum absolute atomic E-state index is 13.4. The number of anilines is 1. The average molecular weight is 460 g/mol. The molecule has 0 aliphatic carbocycles. The fraction of sp³-hybridized carbons (Fsp3) is 0.481. The molecule has 2 aromatic heterocycles. The van der Waals surface area contributed by atoms with Gasteiger partial charge in [0.25, 0.3) is 5.56 Å². The number of hydrogen-bond acceptors (Lipinski definition) is 5. The molecule has 178 valence electrons. The summed E-state index contributed by atoms with van der Waals surface area (Å²) in [4.78, 5) is 39.7. The molecule has 2 fully saturated rings. The number of carbonyl (C=O) groups is 1. The van der Waals surface area contributed by atoms with E-state index >= 15 is 0 Å². The van der Waals surface area contributed by atoms with E-state index in [-0.39, 0.29) is 17.4 Å². The van der Waals surface area contributed by atoms with Gasteiger partial charge in [-0.1, -0.05) is 30.3 Å². The molecule has 0 radical (unpaired) electrons. The molecule has 7 heteroatoms. The predicted molar refractivity (Wildman–Crippen MR) is 134 cm³/mol. The monoisotopic (exact) mass is 459 g/mol. The Morgan fingerprint density at radius 2 is 1.82 bits per heavy atom. The molecule has 34 heavy (non-hydrogen) atoms. The Hall–Kier alpha value is -3.22. The average Bonchev–Trinajstić information content (AvgIpc) is 2.89. The molecule has 0 unspecified atom stereocenters. The molecule has 1 atom stereocenters. The summed E-state index contributed by atoms with van der Waals surface area (Å²) < 4.78 is 1.68. The van der Waals surface area contributed by atoms with Crippen LogP contribution in [0.3, 0.4) is 0 Å². The molecular formula is C27H33N5O2. The molecule has 1 aromatic carbocycles. The van der Waals surface area contributed by atoms with Gasteiger partial charge in [0.1, 0.15) is 5.52 Å². The maximum Gasteiger partial charge on any atom is 0.295 e. The van der Waals surface area contributed by atoms with Crippen molar-refractivity contribution >= 4 is 22.9 Å². The van der Waals surface area contributed by atoms with Crippen LogP contribution in [-0.2, 0) is 17.8 Å². The summed E-state index contributed by atoms with van der Waals surface area (Å²) in [5.41, 5.74) is 2.59. The molecule has 2 aliphatic rings. The number of fused-ring (bicyclic) bond motifs is 1. The van der Waals surface area contributed by atoms with Crippen molar-refractivity contribution < 1.29 is 4.79 Å². The van der Waals surface area contributed by atoms with Gasteiger partial charge < -0.3 is 9.80 Å². The Balaban J connectivity index is 1.26. The first-order chi connectivity index (χ1) is 16.6. The third-order valence-electron chi connectivity index (χ3n) is 7.36. The Labute approximate surface area is 200 Å². The lowest BCUT2D eigenvalue weighted by molar-refractivity contribution is -0.137. The van der Waals surface area contributed by atoms with E-state index in [9.17, 15) is 9.59 Å². The molecule has 4 heterocycles. The number of piperidine rings is 2. The van der Waals surface area contributed by atoms with Gasteiger partial charge in [-0.25, -0.2) is 9.97 Å². The maximum atomic E-state index is 13.4. The van der Waals surface area contributed by atoms with Crippen LogP contribution in [0.1, 0.15) is 38.2 Å². The van der Waals surface area contributed by atoms with Crippen molar-refractivity contribution in [2.75, 3.05) is 31.1 Å². The summed E-state index contributed by atoms with van der Waals surface area (Å²) in [6.45, 7) is 5.45. The number of pyridine rings is 1. The van der Waals surface area contributed by atoms with Crippen molar-refractivity contribution in [3.05, 3.63) is 64.6 Å². The summed E-state index contributed by atoms with van der Waals surface area (Å²) in [7, 11) is 0. The Kier molecular flexibility index (Phi) is 6.61. The molecule has 7 nitrogen and oxygen atoms in total. The molecule has 0 spiro atoms. The van der Waals surface area contributed by atoms with Crippen LogP contribution in [0, 0.1) is 11.8 Å². The van der Waals surface area contributed by atoms with Crippen molar-refractivity contribution in [2.45, 2.75) is 45.6 Å². The van der Waals surface area contributed by atoms with Gasteiger partial charge in [0, 0.05) is 38.9 Å². The van der Waals surface area contributed by atoms with E-state index in [0.717, 1.165) is 51.7 Å². The molecule has 3 aromatic rings. The van der Waals surface area contributed by atoms with Crippen molar-refractivity contribution in [3.8, 4) is 0 Å². The number of amides is 1. The van der Waals surface area contributed by atoms with E-state index < -0.39 is 0 Å². The third-order valence-corrected chi connectivity index (χ3v) is 7.36. The van der Waals surface area contributed by atoms with Gasteiger partial charge in [0.05, 0.1) is 5.92 Å². The quantitative estimate of drug-likeness (QED) is 0.584. The van der Waals surface area contributed by atoms with Crippen molar-refractivity contribution in [2.24, 2.45) is 11.8 Å². The SMILES string of the molecule is CCn1c(=O)c(N2CCC[C@@H](C(=O)N3CCC(Cc4ccccc4)CC3)C2)nc2cccnc21. The molecule has 2 saturated heterocycles. The number of carbonyl (C=O) groups excluding carboxylic acids is 1. The summed E-state index contributed by atoms with van der Waals surface area (Å²) in [5.74, 6) is 1.24. The second-order valence-corrected chi connectivity index (χ2v) is 9.57. The molecule has 2 aliphatic heterocycles. The topological polar surface area (TPSA) is 71.3 Å². The second kappa shape index (κ2) is 9.95. The Morgan fingerprint density at radius 3 is 2.59 bits per heavy atom. The highest BCUT2D eigenvalue weighted by atomic mass is 16.2. The largest absolute Gasteiger partial charge is 0.351 e. The van der Waals surface area contributed by atoms with E-state index in [1.54, 1.807) is 10.8 Å². The van der Waals surface area contributed by atoms with E-state index in [1.165, 1.54) is 5.56 Å². The number of aromatic nitrogens is 3. The first kappa shape index (κ1) is 22.6. The predicted octanol–water partition coefficient (Wildman–Crippen LogP) is 3.51. The first-order valence-electron chi connectivity index (χ1n) is 12.6. The smallest absolute Gasteiger partial charge is 0.295 e. The Bertz CT molecular complexity index is 1200. The third kappa shape index (κ3) is 4.56. The number of rotatable bonds is 5. The number of hydrogen-bond donors (Lipinski definition) is 0. The van der Waals surface area contributed by atoms with Crippen LogP contribution in [-0.4, -0.2) is 51.5 Å². The zero-order chi connectivity index (χ0) is 23.5. The molecular weight excluding hydrogens is 426 g/mol. The lowest BCUT2D eigenvalue weighted by Crippen LogP contribution is -2.48. The summed E-state index contributed by atoms with van der Waals surface area (Å²) in [6.07, 6.45) is 6.64. The highest BCUT2D eigenvalue weighted by Gasteiger charge is 2.33. The number of nitrogens with zero attached hydrogens (tertiary/aromatic N) is 5. The van der Waals surface area contributed by atoms with E-state index in [0.29, 0.717) is 36.0 Å². The first-order valence-corrected chi connectivity index (χ1v) is 12.6. The minimum absolute atomic E-state index is 0.0831. The fourth-order valence-corrected chi connectivity index (χ4v) is 5.50. The minimum atomic E-state index is -0.122. The number of aryl methyl sites for hydroxylation is 1. The van der Waals surface area contributed by atoms with Crippen molar-refractivity contribution in [3.63, 3.8) is 0 Å². The summed E-state index contributed by atoms with van der Waals surface area (Å²) in [5, 5.41) is 0. The van der Waals surface area contributed by atoms with Gasteiger partial charge in [-0.15, -0.1) is 0 Å². The standard InChI is InChI=1S/C27H33N5O2/c1-2-32-24-23(11-6-14-28-24)29-25(27(32)34)31-15-7-10-22(19-31)26(33)30-16-12-21(13-17-30)18-20-8-4-3-5-9-20/h3-6,8-9,11,14,21-22H,2,7,10,12-13,15-19H2,1H3/t22-/m1/s1. The van der Waals surface area contributed by atoms with Crippen LogP contribution in [0.4, 0.5) is 5.82 Å². The van der Waals surface area contributed by atoms with E-state index in [2.05, 4.69) is 45.2 Å². The van der Waals surface area contributed by atoms with Crippen LogP contribution in [0.15, 0.2) is 53.5 Å².